The van der Waals surface area contributed by atoms with Crippen LogP contribution in [0.1, 0.15) is 0 Å². The molecule has 0 aliphatic carbocycles. The Bertz CT molecular complexity index is 60.4. The lowest BCUT2D eigenvalue weighted by molar-refractivity contribution is -0.0355. The van der Waals surface area contributed by atoms with Crippen LogP contribution >= 0.6 is 34.8 Å². The van der Waals surface area contributed by atoms with Gasteiger partial charge in [0.05, 0.1) is 0 Å². The fraction of sp³-hybridized carbons (Fsp3) is 1.00. The maximum Gasteiger partial charge on any atom is 0.240 e. The van der Waals surface area contributed by atoms with Gasteiger partial charge in [-0.05, 0) is 0 Å². The van der Waals surface area contributed by atoms with E-state index in [0.717, 1.165) is 0 Å². The summed E-state index contributed by atoms with van der Waals surface area (Å²) < 4.78 is -1.97. The predicted octanol–water partition coefficient (Wildman–Crippen LogP) is -1.81. The Balaban J connectivity index is -0.0000000600. The van der Waals surface area contributed by atoms with Gasteiger partial charge in [0, 0.05) is 0 Å². The minimum absolute atomic E-state index is 0. The highest BCUT2D eigenvalue weighted by molar-refractivity contribution is 6.67. The van der Waals surface area contributed by atoms with Gasteiger partial charge in [-0.3, -0.25) is 0 Å². The molecule has 0 fully saturated rings. The number of halogens is 3. The van der Waals surface area contributed by atoms with E-state index in [2.05, 4.69) is 0 Å². The second-order valence-corrected chi connectivity index (χ2v) is 3.28. The molecule has 0 saturated heterocycles. The van der Waals surface area contributed by atoms with Gasteiger partial charge in [0.15, 0.2) is 6.29 Å². The maximum absolute atomic E-state index is 8.05. The Morgan fingerprint density at radius 2 is 1.00 bits per heavy atom. The predicted molar refractivity (Wildman–Crippen MR) is 39.4 cm³/mol. The molecule has 0 aromatic carbocycles. The summed E-state index contributed by atoms with van der Waals surface area (Å²) in [6, 6.07) is 0. The fourth-order valence-corrected chi connectivity index (χ4v) is 0. The van der Waals surface area contributed by atoms with E-state index in [-0.39, 0.29) is 16.4 Å². The second kappa shape index (κ2) is 7.77. The normalized spacial score (nSPS) is 9.00. The first-order chi connectivity index (χ1) is 2.94. The average molecular weight is 219 g/mol. The van der Waals surface area contributed by atoms with E-state index in [4.69, 9.17) is 45.0 Å². The highest BCUT2D eigenvalue weighted by Crippen LogP contribution is 2.28. The molecule has 0 rings (SSSR count). The van der Waals surface area contributed by atoms with Gasteiger partial charge in [0.2, 0.25) is 3.79 Å². The third-order valence-electron chi connectivity index (χ3n) is 0.293. The van der Waals surface area contributed by atoms with E-state index in [9.17, 15) is 0 Å². The molecule has 0 aromatic heterocycles. The molecule has 10 heavy (non-hydrogen) atoms. The number of hydrogen-bond donors (Lipinski definition) is 2. The number of aliphatic hydroxyl groups excluding tert-OH is 1. The summed E-state index contributed by atoms with van der Waals surface area (Å²) in [5.41, 5.74) is 0. The van der Waals surface area contributed by atoms with Crippen LogP contribution in [0, 0.1) is 0 Å². The molecule has 68 valence electrons. The summed E-state index contributed by atoms with van der Waals surface area (Å²) in [5, 5.41) is 16.1. The Morgan fingerprint density at radius 1 is 0.900 bits per heavy atom. The van der Waals surface area contributed by atoms with Crippen molar-refractivity contribution >= 4 is 34.8 Å². The lowest BCUT2D eigenvalue weighted by atomic mass is 10.8. The average Bonchev–Trinajstić information content (AvgIpc) is 1.31. The minimum Gasteiger partial charge on any atom is -0.412 e. The van der Waals surface area contributed by atoms with Crippen LogP contribution in [0.5, 0.6) is 0 Å². The van der Waals surface area contributed by atoms with Gasteiger partial charge < -0.3 is 26.6 Å². The monoisotopic (exact) mass is 218 g/mol. The molecule has 0 aliphatic heterocycles. The Hall–Kier alpha value is 0.670. The quantitative estimate of drug-likeness (QED) is 0.367. The van der Waals surface area contributed by atoms with Gasteiger partial charge in [0.25, 0.3) is 0 Å². The SMILES string of the molecule is O.O.O.OC(O)C(Cl)(Cl)Cl. The Morgan fingerprint density at radius 3 is 1.00 bits per heavy atom. The van der Waals surface area contributed by atoms with E-state index in [1.54, 1.807) is 0 Å². The third-order valence-corrected chi connectivity index (χ3v) is 0.878. The van der Waals surface area contributed by atoms with Crippen molar-refractivity contribution in [3.8, 4) is 0 Å². The van der Waals surface area contributed by atoms with Crippen molar-refractivity contribution in [2.24, 2.45) is 0 Å². The Labute approximate surface area is 72.0 Å². The number of hydrogen-bond acceptors (Lipinski definition) is 2. The molecule has 0 amide bonds. The molecule has 0 bridgehead atoms. The van der Waals surface area contributed by atoms with Crippen LogP contribution in [-0.4, -0.2) is 36.7 Å². The first-order valence-corrected chi connectivity index (χ1v) is 2.51. The van der Waals surface area contributed by atoms with Gasteiger partial charge in [0.1, 0.15) is 0 Å². The van der Waals surface area contributed by atoms with Gasteiger partial charge in [-0.1, -0.05) is 34.8 Å². The first kappa shape index (κ1) is 22.4. The van der Waals surface area contributed by atoms with E-state index in [1.165, 1.54) is 0 Å². The van der Waals surface area contributed by atoms with Crippen LogP contribution < -0.4 is 0 Å². The highest BCUT2D eigenvalue weighted by Gasteiger charge is 2.28. The van der Waals surface area contributed by atoms with Crippen molar-refractivity contribution in [2.45, 2.75) is 10.1 Å². The zero-order valence-corrected chi connectivity index (χ0v) is 6.87. The highest BCUT2D eigenvalue weighted by atomic mass is 35.6. The summed E-state index contributed by atoms with van der Waals surface area (Å²) in [5.74, 6) is 0. The molecule has 0 aliphatic rings. The van der Waals surface area contributed by atoms with Crippen molar-refractivity contribution in [2.75, 3.05) is 0 Å². The molecule has 0 aromatic rings. The molecule has 8 N–H and O–H groups in total. The zero-order chi connectivity index (χ0) is 6.08. The summed E-state index contributed by atoms with van der Waals surface area (Å²) in [7, 11) is 0. The summed E-state index contributed by atoms with van der Waals surface area (Å²) in [6.07, 6.45) is -1.91. The lowest BCUT2D eigenvalue weighted by Crippen LogP contribution is -2.23. The van der Waals surface area contributed by atoms with Gasteiger partial charge in [-0.25, -0.2) is 0 Å². The van der Waals surface area contributed by atoms with Gasteiger partial charge in [-0.2, -0.15) is 0 Å². The topological polar surface area (TPSA) is 135 Å². The van der Waals surface area contributed by atoms with E-state index in [1.807, 2.05) is 0 Å². The zero-order valence-electron chi connectivity index (χ0n) is 4.61. The molecule has 0 radical (unpaired) electrons. The van der Waals surface area contributed by atoms with E-state index in [0.29, 0.717) is 0 Å². The van der Waals surface area contributed by atoms with Crippen molar-refractivity contribution in [3.63, 3.8) is 0 Å². The number of alkyl halides is 3. The molecule has 0 saturated carbocycles. The summed E-state index contributed by atoms with van der Waals surface area (Å²) in [6.45, 7) is 0. The van der Waals surface area contributed by atoms with Crippen molar-refractivity contribution in [1.82, 2.24) is 0 Å². The Kier molecular flexibility index (Phi) is 17.4. The molecular formula is C2H9Cl3O5. The summed E-state index contributed by atoms with van der Waals surface area (Å²) >= 11 is 14.7. The minimum atomic E-state index is -1.97. The van der Waals surface area contributed by atoms with Crippen LogP contribution in [0.2, 0.25) is 0 Å². The molecule has 0 unspecified atom stereocenters. The molecule has 0 heterocycles. The first-order valence-electron chi connectivity index (χ1n) is 1.37. The van der Waals surface area contributed by atoms with E-state index >= 15 is 0 Å². The molecule has 0 atom stereocenters. The van der Waals surface area contributed by atoms with Crippen LogP contribution in [0.3, 0.4) is 0 Å². The van der Waals surface area contributed by atoms with Crippen LogP contribution in [0.4, 0.5) is 0 Å². The number of aliphatic hydroxyl groups is 2. The molecule has 8 heteroatoms. The van der Waals surface area contributed by atoms with Crippen molar-refractivity contribution in [1.29, 1.82) is 0 Å². The van der Waals surface area contributed by atoms with Crippen molar-refractivity contribution in [3.05, 3.63) is 0 Å². The lowest BCUT2D eigenvalue weighted by Gasteiger charge is -2.10. The molecular weight excluding hydrogens is 210 g/mol. The largest absolute Gasteiger partial charge is 0.412 e. The van der Waals surface area contributed by atoms with Crippen LogP contribution in [0.25, 0.3) is 0 Å². The maximum atomic E-state index is 8.05. The van der Waals surface area contributed by atoms with E-state index < -0.39 is 10.1 Å². The summed E-state index contributed by atoms with van der Waals surface area (Å²) in [4.78, 5) is 0. The number of rotatable bonds is 0. The standard InChI is InChI=1S/C2H3Cl3O2.3H2O/c3-2(4,5)1(6)7;;;/h1,6-7H;3*1H2. The third kappa shape index (κ3) is 11.5. The van der Waals surface area contributed by atoms with Crippen LogP contribution in [0.15, 0.2) is 0 Å². The molecule has 0 spiro atoms. The van der Waals surface area contributed by atoms with Crippen molar-refractivity contribution < 1.29 is 26.6 Å². The second-order valence-electron chi connectivity index (χ2n) is 0.915. The van der Waals surface area contributed by atoms with Gasteiger partial charge >= 0.3 is 0 Å². The van der Waals surface area contributed by atoms with Gasteiger partial charge in [-0.15, -0.1) is 0 Å². The van der Waals surface area contributed by atoms with Crippen LogP contribution in [-0.2, 0) is 0 Å². The smallest absolute Gasteiger partial charge is 0.240 e. The molecule has 5 nitrogen and oxygen atoms in total. The fourth-order valence-electron chi connectivity index (χ4n) is 0.